The lowest BCUT2D eigenvalue weighted by Crippen LogP contribution is -2.39. The molecule has 0 aliphatic carbocycles. The van der Waals surface area contributed by atoms with Crippen LogP contribution in [0.5, 0.6) is 0 Å². The minimum Gasteiger partial charge on any atom is -0.368 e. The van der Waals surface area contributed by atoms with E-state index in [0.717, 1.165) is 0 Å². The SMILES string of the molecule is NC(=O)[C@H](NC(=O)Cn1ncc(=O)c2ccccc21)c1ccccc1. The van der Waals surface area contributed by atoms with Gasteiger partial charge >= 0.3 is 0 Å². The Balaban J connectivity index is 1.84. The molecule has 0 aliphatic heterocycles. The maximum absolute atomic E-state index is 12.4. The van der Waals surface area contributed by atoms with Crippen LogP contribution < -0.4 is 16.5 Å². The zero-order valence-corrected chi connectivity index (χ0v) is 13.3. The molecule has 3 N–H and O–H groups in total. The van der Waals surface area contributed by atoms with Crippen molar-refractivity contribution in [3.05, 3.63) is 76.6 Å². The minimum absolute atomic E-state index is 0.141. The molecular weight excluding hydrogens is 320 g/mol. The van der Waals surface area contributed by atoms with Crippen molar-refractivity contribution >= 4 is 22.7 Å². The van der Waals surface area contributed by atoms with E-state index < -0.39 is 17.9 Å². The van der Waals surface area contributed by atoms with Crippen LogP contribution >= 0.6 is 0 Å². The first-order chi connectivity index (χ1) is 12.1. The van der Waals surface area contributed by atoms with Gasteiger partial charge < -0.3 is 11.1 Å². The number of hydrogen-bond donors (Lipinski definition) is 2. The number of carbonyl (C=O) groups excluding carboxylic acids is 2. The molecule has 2 amide bonds. The Kier molecular flexibility index (Phi) is 4.56. The third kappa shape index (κ3) is 3.55. The molecular formula is C18H16N4O3. The van der Waals surface area contributed by atoms with E-state index in [2.05, 4.69) is 10.4 Å². The quantitative estimate of drug-likeness (QED) is 0.716. The van der Waals surface area contributed by atoms with Crippen molar-refractivity contribution in [3.63, 3.8) is 0 Å². The molecule has 0 spiro atoms. The normalized spacial score (nSPS) is 11.8. The number of primary amides is 1. The summed E-state index contributed by atoms with van der Waals surface area (Å²) in [4.78, 5) is 35.9. The van der Waals surface area contributed by atoms with Gasteiger partial charge in [-0.05, 0) is 17.7 Å². The zero-order valence-electron chi connectivity index (χ0n) is 13.3. The molecule has 0 saturated carbocycles. The van der Waals surface area contributed by atoms with Crippen LogP contribution in [0.3, 0.4) is 0 Å². The summed E-state index contributed by atoms with van der Waals surface area (Å²) in [7, 11) is 0. The molecule has 7 nitrogen and oxygen atoms in total. The molecule has 0 unspecified atom stereocenters. The first-order valence-electron chi connectivity index (χ1n) is 7.65. The Morgan fingerprint density at radius 2 is 1.76 bits per heavy atom. The minimum atomic E-state index is -0.931. The van der Waals surface area contributed by atoms with E-state index in [-0.39, 0.29) is 12.0 Å². The lowest BCUT2D eigenvalue weighted by atomic mass is 10.1. The smallest absolute Gasteiger partial charge is 0.244 e. The summed E-state index contributed by atoms with van der Waals surface area (Å²) in [6.07, 6.45) is 1.17. The van der Waals surface area contributed by atoms with Gasteiger partial charge in [0.2, 0.25) is 17.2 Å². The van der Waals surface area contributed by atoms with E-state index in [1.165, 1.54) is 10.9 Å². The van der Waals surface area contributed by atoms with Crippen molar-refractivity contribution in [3.8, 4) is 0 Å². The van der Waals surface area contributed by atoms with Crippen LogP contribution in [0, 0.1) is 0 Å². The van der Waals surface area contributed by atoms with Crippen LogP contribution in [-0.4, -0.2) is 21.6 Å². The molecule has 3 rings (SSSR count). The highest BCUT2D eigenvalue weighted by Crippen LogP contribution is 2.12. The number of nitrogens with zero attached hydrogens (tertiary/aromatic N) is 2. The van der Waals surface area contributed by atoms with Crippen molar-refractivity contribution in [1.82, 2.24) is 15.1 Å². The molecule has 126 valence electrons. The number of rotatable bonds is 5. The third-order valence-corrected chi connectivity index (χ3v) is 3.78. The average Bonchev–Trinajstić information content (AvgIpc) is 2.63. The standard InChI is InChI=1S/C18H16N4O3/c19-18(25)17(12-6-2-1-3-7-12)21-16(24)11-22-14-9-5-4-8-13(14)15(23)10-20-22/h1-10,17H,11H2,(H2,19,25)(H,21,24)/t17-/m1/s1. The van der Waals surface area contributed by atoms with E-state index in [9.17, 15) is 14.4 Å². The second-order valence-electron chi connectivity index (χ2n) is 5.50. The zero-order chi connectivity index (χ0) is 17.8. The molecule has 3 aromatic rings. The fraction of sp³-hybridized carbons (Fsp3) is 0.111. The van der Waals surface area contributed by atoms with Gasteiger partial charge in [-0.1, -0.05) is 42.5 Å². The Hall–Kier alpha value is -3.48. The average molecular weight is 336 g/mol. The fourth-order valence-corrected chi connectivity index (χ4v) is 2.59. The second-order valence-corrected chi connectivity index (χ2v) is 5.50. The van der Waals surface area contributed by atoms with Crippen LogP contribution in [0.1, 0.15) is 11.6 Å². The van der Waals surface area contributed by atoms with E-state index in [1.54, 1.807) is 54.6 Å². The number of aromatic nitrogens is 2. The summed E-state index contributed by atoms with van der Waals surface area (Å²) < 4.78 is 1.41. The molecule has 1 heterocycles. The highest BCUT2D eigenvalue weighted by Gasteiger charge is 2.20. The number of carbonyl (C=O) groups is 2. The summed E-state index contributed by atoms with van der Waals surface area (Å²) in [5, 5.41) is 7.08. The number of nitrogens with one attached hydrogen (secondary N) is 1. The molecule has 1 atom stereocenters. The Morgan fingerprint density at radius 1 is 1.08 bits per heavy atom. The molecule has 0 bridgehead atoms. The highest BCUT2D eigenvalue weighted by atomic mass is 16.2. The van der Waals surface area contributed by atoms with Gasteiger partial charge in [-0.2, -0.15) is 5.10 Å². The topological polar surface area (TPSA) is 107 Å². The van der Waals surface area contributed by atoms with Crippen molar-refractivity contribution in [2.45, 2.75) is 12.6 Å². The van der Waals surface area contributed by atoms with E-state index in [0.29, 0.717) is 16.5 Å². The van der Waals surface area contributed by atoms with E-state index in [4.69, 9.17) is 5.73 Å². The Bertz CT molecular complexity index is 982. The van der Waals surface area contributed by atoms with E-state index >= 15 is 0 Å². The van der Waals surface area contributed by atoms with Gasteiger partial charge in [-0.3, -0.25) is 19.1 Å². The largest absolute Gasteiger partial charge is 0.368 e. The van der Waals surface area contributed by atoms with Crippen LogP contribution in [0.4, 0.5) is 0 Å². The third-order valence-electron chi connectivity index (χ3n) is 3.78. The van der Waals surface area contributed by atoms with Gasteiger partial charge in [0.1, 0.15) is 12.6 Å². The first kappa shape index (κ1) is 16.4. The summed E-state index contributed by atoms with van der Waals surface area (Å²) in [5.74, 6) is -1.09. The van der Waals surface area contributed by atoms with Crippen LogP contribution in [0.2, 0.25) is 0 Å². The second kappa shape index (κ2) is 6.96. The number of hydrogen-bond acceptors (Lipinski definition) is 4. The molecule has 7 heteroatoms. The van der Waals surface area contributed by atoms with Crippen molar-refractivity contribution < 1.29 is 9.59 Å². The summed E-state index contributed by atoms with van der Waals surface area (Å²) >= 11 is 0. The van der Waals surface area contributed by atoms with Crippen molar-refractivity contribution in [1.29, 1.82) is 0 Å². The molecule has 0 radical (unpaired) electrons. The predicted octanol–water partition coefficient (Wildman–Crippen LogP) is 0.739. The van der Waals surface area contributed by atoms with Gasteiger partial charge in [0, 0.05) is 5.39 Å². The highest BCUT2D eigenvalue weighted by molar-refractivity contribution is 5.88. The van der Waals surface area contributed by atoms with Gasteiger partial charge in [-0.15, -0.1) is 0 Å². The molecule has 25 heavy (non-hydrogen) atoms. The lowest BCUT2D eigenvalue weighted by Gasteiger charge is -2.16. The van der Waals surface area contributed by atoms with Gasteiger partial charge in [0.25, 0.3) is 0 Å². The maximum Gasteiger partial charge on any atom is 0.244 e. The number of benzene rings is 2. The summed E-state index contributed by atoms with van der Waals surface area (Å²) in [5.41, 5.74) is 6.33. The predicted molar refractivity (Wildman–Crippen MR) is 92.5 cm³/mol. The lowest BCUT2D eigenvalue weighted by molar-refractivity contribution is -0.128. The number of amides is 2. The molecule has 2 aromatic carbocycles. The Morgan fingerprint density at radius 3 is 2.48 bits per heavy atom. The monoisotopic (exact) mass is 336 g/mol. The number of nitrogens with two attached hydrogens (primary N) is 1. The van der Waals surface area contributed by atoms with Crippen LogP contribution in [0.25, 0.3) is 10.9 Å². The van der Waals surface area contributed by atoms with E-state index in [1.807, 2.05) is 0 Å². The maximum atomic E-state index is 12.4. The number of para-hydroxylation sites is 1. The van der Waals surface area contributed by atoms with Gasteiger partial charge in [0.05, 0.1) is 11.7 Å². The molecule has 0 aliphatic rings. The molecule has 1 aromatic heterocycles. The molecule has 0 fully saturated rings. The first-order valence-corrected chi connectivity index (χ1v) is 7.65. The Labute approximate surface area is 143 Å². The van der Waals surface area contributed by atoms with Crippen LogP contribution in [-0.2, 0) is 16.1 Å². The van der Waals surface area contributed by atoms with Crippen LogP contribution in [0.15, 0.2) is 65.6 Å². The van der Waals surface area contributed by atoms with Crippen molar-refractivity contribution in [2.24, 2.45) is 5.73 Å². The summed E-state index contributed by atoms with van der Waals surface area (Å²) in [6, 6.07) is 14.7. The van der Waals surface area contributed by atoms with Crippen molar-refractivity contribution in [2.75, 3.05) is 0 Å². The van der Waals surface area contributed by atoms with Gasteiger partial charge in [0.15, 0.2) is 0 Å². The fourth-order valence-electron chi connectivity index (χ4n) is 2.59. The number of fused-ring (bicyclic) bond motifs is 1. The van der Waals surface area contributed by atoms with Gasteiger partial charge in [-0.25, -0.2) is 0 Å². The summed E-state index contributed by atoms with van der Waals surface area (Å²) in [6.45, 7) is -0.141. The molecule has 0 saturated heterocycles.